The monoisotopic (exact) mass is 200 g/mol. The highest BCUT2D eigenvalue weighted by Gasteiger charge is 1.96. The van der Waals surface area contributed by atoms with Gasteiger partial charge >= 0.3 is 0 Å². The fourth-order valence-corrected chi connectivity index (χ4v) is 1.60. The van der Waals surface area contributed by atoms with Crippen LogP contribution in [0.4, 0.5) is 0 Å². The molecule has 2 heteroatoms. The van der Waals surface area contributed by atoms with Crippen molar-refractivity contribution in [1.82, 2.24) is 0 Å². The molecule has 0 N–H and O–H groups in total. The van der Waals surface area contributed by atoms with Crippen molar-refractivity contribution in [3.63, 3.8) is 0 Å². The third kappa shape index (κ3) is 2.88. The fraction of sp³-hybridized carbons (Fsp3) is 0.200. The molecule has 0 aliphatic heterocycles. The molecule has 0 saturated carbocycles. The molecule has 0 fully saturated rings. The van der Waals surface area contributed by atoms with E-state index in [1.165, 1.54) is 0 Å². The SMILES string of the molecule is C=CCCc1cc(Cl)cc(Cl)c1. The second-order valence-electron chi connectivity index (χ2n) is 2.61. The van der Waals surface area contributed by atoms with Gasteiger partial charge in [0.15, 0.2) is 0 Å². The predicted molar refractivity (Wildman–Crippen MR) is 55.0 cm³/mol. The van der Waals surface area contributed by atoms with Gasteiger partial charge in [-0.25, -0.2) is 0 Å². The average molecular weight is 201 g/mol. The number of benzene rings is 1. The van der Waals surface area contributed by atoms with Crippen LogP contribution in [-0.4, -0.2) is 0 Å². The molecule has 0 nitrogen and oxygen atoms in total. The van der Waals surface area contributed by atoms with Crippen molar-refractivity contribution >= 4 is 23.2 Å². The lowest BCUT2D eigenvalue weighted by atomic mass is 10.1. The molecule has 0 amide bonds. The molecular weight excluding hydrogens is 191 g/mol. The van der Waals surface area contributed by atoms with Crippen LogP contribution >= 0.6 is 23.2 Å². The highest BCUT2D eigenvalue weighted by Crippen LogP contribution is 2.19. The van der Waals surface area contributed by atoms with E-state index in [2.05, 4.69) is 6.58 Å². The van der Waals surface area contributed by atoms with Gasteiger partial charge in [0, 0.05) is 10.0 Å². The first kappa shape index (κ1) is 9.63. The summed E-state index contributed by atoms with van der Waals surface area (Å²) in [6.07, 6.45) is 3.79. The molecule has 1 aromatic carbocycles. The van der Waals surface area contributed by atoms with Crippen LogP contribution in [0.25, 0.3) is 0 Å². The van der Waals surface area contributed by atoms with Crippen molar-refractivity contribution in [1.29, 1.82) is 0 Å². The van der Waals surface area contributed by atoms with Gasteiger partial charge in [-0.3, -0.25) is 0 Å². The Bertz CT molecular complexity index is 259. The Labute approximate surface area is 82.8 Å². The molecule has 0 aliphatic rings. The zero-order valence-corrected chi connectivity index (χ0v) is 8.20. The number of allylic oxidation sites excluding steroid dienone is 1. The lowest BCUT2D eigenvalue weighted by Crippen LogP contribution is -1.82. The summed E-state index contributed by atoms with van der Waals surface area (Å²) in [5.74, 6) is 0. The molecule has 1 rings (SSSR count). The lowest BCUT2D eigenvalue weighted by Gasteiger charge is -2.00. The predicted octanol–water partition coefficient (Wildman–Crippen LogP) is 4.11. The van der Waals surface area contributed by atoms with Crippen molar-refractivity contribution in [3.05, 3.63) is 46.5 Å². The Morgan fingerprint density at radius 1 is 1.17 bits per heavy atom. The molecule has 0 bridgehead atoms. The van der Waals surface area contributed by atoms with Crippen molar-refractivity contribution in [2.45, 2.75) is 12.8 Å². The quantitative estimate of drug-likeness (QED) is 0.645. The number of hydrogen-bond donors (Lipinski definition) is 0. The number of halogens is 2. The van der Waals surface area contributed by atoms with Crippen molar-refractivity contribution < 1.29 is 0 Å². The van der Waals surface area contributed by atoms with Gasteiger partial charge in [-0.2, -0.15) is 0 Å². The topological polar surface area (TPSA) is 0 Å². The molecule has 0 spiro atoms. The van der Waals surface area contributed by atoms with E-state index in [-0.39, 0.29) is 0 Å². The lowest BCUT2D eigenvalue weighted by molar-refractivity contribution is 1.00. The number of aryl methyl sites for hydroxylation is 1. The van der Waals surface area contributed by atoms with Crippen LogP contribution < -0.4 is 0 Å². The van der Waals surface area contributed by atoms with Crippen LogP contribution in [-0.2, 0) is 6.42 Å². The molecule has 0 unspecified atom stereocenters. The summed E-state index contributed by atoms with van der Waals surface area (Å²) in [6.45, 7) is 3.65. The first-order valence-electron chi connectivity index (χ1n) is 3.78. The van der Waals surface area contributed by atoms with Gasteiger partial charge in [-0.1, -0.05) is 29.3 Å². The van der Waals surface area contributed by atoms with E-state index >= 15 is 0 Å². The van der Waals surface area contributed by atoms with Crippen LogP contribution in [0.3, 0.4) is 0 Å². The molecule has 1 aromatic rings. The normalized spacial score (nSPS) is 9.83. The van der Waals surface area contributed by atoms with E-state index < -0.39 is 0 Å². The highest BCUT2D eigenvalue weighted by molar-refractivity contribution is 6.34. The molecule has 0 aliphatic carbocycles. The van der Waals surface area contributed by atoms with Crippen LogP contribution in [0.1, 0.15) is 12.0 Å². The maximum Gasteiger partial charge on any atom is 0.0423 e. The Morgan fingerprint density at radius 3 is 2.25 bits per heavy atom. The molecular formula is C10H10Cl2. The summed E-state index contributed by atoms with van der Waals surface area (Å²) in [6, 6.07) is 5.59. The molecule has 0 radical (unpaired) electrons. The van der Waals surface area contributed by atoms with Gasteiger partial charge in [0.05, 0.1) is 0 Å². The van der Waals surface area contributed by atoms with Gasteiger partial charge in [0.25, 0.3) is 0 Å². The van der Waals surface area contributed by atoms with E-state index in [9.17, 15) is 0 Å². The Balaban J connectivity index is 2.78. The molecule has 0 heterocycles. The second-order valence-corrected chi connectivity index (χ2v) is 3.48. The minimum Gasteiger partial charge on any atom is -0.103 e. The molecule has 0 atom stereocenters. The first-order valence-corrected chi connectivity index (χ1v) is 4.54. The second kappa shape index (κ2) is 4.54. The minimum atomic E-state index is 0.696. The van der Waals surface area contributed by atoms with Crippen LogP contribution in [0, 0.1) is 0 Å². The third-order valence-electron chi connectivity index (χ3n) is 1.56. The maximum absolute atomic E-state index is 5.82. The zero-order chi connectivity index (χ0) is 8.97. The number of rotatable bonds is 3. The Hall–Kier alpha value is -0.460. The molecule has 0 saturated heterocycles. The summed E-state index contributed by atoms with van der Waals surface area (Å²) in [5.41, 5.74) is 1.16. The first-order chi connectivity index (χ1) is 5.72. The largest absolute Gasteiger partial charge is 0.103 e. The van der Waals surface area contributed by atoms with E-state index in [0.29, 0.717) is 10.0 Å². The molecule has 64 valence electrons. The van der Waals surface area contributed by atoms with Gasteiger partial charge in [0.2, 0.25) is 0 Å². The standard InChI is InChI=1S/C10H10Cl2/c1-2-3-4-8-5-9(11)7-10(12)6-8/h2,5-7H,1,3-4H2. The van der Waals surface area contributed by atoms with Gasteiger partial charge in [-0.15, -0.1) is 6.58 Å². The molecule has 0 aromatic heterocycles. The summed E-state index contributed by atoms with van der Waals surface area (Å²) in [5, 5.41) is 1.39. The maximum atomic E-state index is 5.82. The Kier molecular flexibility index (Phi) is 3.64. The Morgan fingerprint density at radius 2 is 1.75 bits per heavy atom. The van der Waals surface area contributed by atoms with Gasteiger partial charge in [0.1, 0.15) is 0 Å². The van der Waals surface area contributed by atoms with Crippen LogP contribution in [0.2, 0.25) is 10.0 Å². The zero-order valence-electron chi connectivity index (χ0n) is 6.69. The van der Waals surface area contributed by atoms with Gasteiger partial charge < -0.3 is 0 Å². The summed E-state index contributed by atoms with van der Waals surface area (Å²) >= 11 is 11.6. The van der Waals surface area contributed by atoms with Crippen LogP contribution in [0.5, 0.6) is 0 Å². The third-order valence-corrected chi connectivity index (χ3v) is 2.00. The smallest absolute Gasteiger partial charge is 0.0423 e. The minimum absolute atomic E-state index is 0.696. The van der Waals surface area contributed by atoms with Gasteiger partial charge in [-0.05, 0) is 36.6 Å². The molecule has 12 heavy (non-hydrogen) atoms. The van der Waals surface area contributed by atoms with Crippen molar-refractivity contribution in [2.75, 3.05) is 0 Å². The highest BCUT2D eigenvalue weighted by atomic mass is 35.5. The fourth-order valence-electron chi connectivity index (χ4n) is 1.02. The van der Waals surface area contributed by atoms with Crippen LogP contribution in [0.15, 0.2) is 30.9 Å². The van der Waals surface area contributed by atoms with Crippen molar-refractivity contribution in [3.8, 4) is 0 Å². The van der Waals surface area contributed by atoms with E-state index in [1.807, 2.05) is 18.2 Å². The van der Waals surface area contributed by atoms with Crippen molar-refractivity contribution in [2.24, 2.45) is 0 Å². The van der Waals surface area contributed by atoms with E-state index in [4.69, 9.17) is 23.2 Å². The summed E-state index contributed by atoms with van der Waals surface area (Å²) in [4.78, 5) is 0. The summed E-state index contributed by atoms with van der Waals surface area (Å²) < 4.78 is 0. The average Bonchev–Trinajstić information content (AvgIpc) is 1.99. The summed E-state index contributed by atoms with van der Waals surface area (Å²) in [7, 11) is 0. The number of hydrogen-bond acceptors (Lipinski definition) is 0. The van der Waals surface area contributed by atoms with E-state index in [1.54, 1.807) is 6.07 Å². The van der Waals surface area contributed by atoms with E-state index in [0.717, 1.165) is 18.4 Å².